The molecule has 0 aromatic heterocycles. The Morgan fingerprint density at radius 3 is 2.35 bits per heavy atom. The summed E-state index contributed by atoms with van der Waals surface area (Å²) in [5.74, 6) is 2.96. The van der Waals surface area contributed by atoms with Gasteiger partial charge in [0, 0.05) is 25.7 Å². The topological polar surface area (TPSA) is 85.2 Å². The Bertz CT molecular complexity index is 900. The first kappa shape index (κ1) is 28.4. The van der Waals surface area contributed by atoms with Gasteiger partial charge in [-0.1, -0.05) is 59.0 Å². The molecule has 4 aliphatic rings. The third-order valence-electron chi connectivity index (χ3n) is 11.5. The molecule has 0 bridgehead atoms. The van der Waals surface area contributed by atoms with E-state index in [-0.39, 0.29) is 23.5 Å². The molecule has 9 atom stereocenters. The minimum Gasteiger partial charge on any atom is -0.462 e. The number of ether oxygens (including phenoxy) is 2. The highest BCUT2D eigenvalue weighted by atomic mass is 16.6. The average molecular weight is 518 g/mol. The van der Waals surface area contributed by atoms with Gasteiger partial charge in [0.25, 0.3) is 0 Å². The summed E-state index contributed by atoms with van der Waals surface area (Å²) < 4.78 is 11.8. The van der Waals surface area contributed by atoms with Crippen LogP contribution in [0.4, 0.5) is 0 Å². The lowest BCUT2D eigenvalue weighted by molar-refractivity contribution is -0.204. The molecule has 37 heavy (non-hydrogen) atoms. The van der Waals surface area contributed by atoms with Gasteiger partial charge in [-0.25, -0.2) is 0 Å². The van der Waals surface area contributed by atoms with E-state index in [0.29, 0.717) is 41.7 Å². The SMILES string of the molecule is CC(=O)O[C@H]1CC[C@]2(C)[C@@H]3CC[C@]4(C)[C@@H]([C@H](C)CCCC(C)C)CC[C@H]4[C@H]3C/C(=N/O)[C@@]2(OC(C)=O)C1. The Balaban J connectivity index is 1.63. The van der Waals surface area contributed by atoms with E-state index in [9.17, 15) is 14.8 Å². The van der Waals surface area contributed by atoms with Gasteiger partial charge in [0.2, 0.25) is 0 Å². The van der Waals surface area contributed by atoms with E-state index >= 15 is 0 Å². The normalized spacial score (nSPS) is 43.0. The molecule has 0 aromatic rings. The van der Waals surface area contributed by atoms with Gasteiger partial charge in [0.15, 0.2) is 5.60 Å². The van der Waals surface area contributed by atoms with Crippen molar-refractivity contribution in [3.8, 4) is 0 Å². The first-order chi connectivity index (χ1) is 17.4. The predicted molar refractivity (Wildman–Crippen MR) is 144 cm³/mol. The zero-order chi connectivity index (χ0) is 27.2. The number of nitrogens with zero attached hydrogens (tertiary/aromatic N) is 1. The van der Waals surface area contributed by atoms with Gasteiger partial charge in [-0.2, -0.15) is 0 Å². The summed E-state index contributed by atoms with van der Waals surface area (Å²) >= 11 is 0. The Labute approximate surface area is 224 Å². The number of hydrogen-bond acceptors (Lipinski definition) is 6. The standard InChI is InChI=1S/C31H51NO5/c1-19(2)9-8-10-20(3)25-11-12-26-24-17-28(32-35)31(37-22(5)34)18-23(36-21(4)33)13-16-30(31,7)27(24)14-15-29(25,26)6/h19-20,23-27,35H,8-18H2,1-7H3/b32-28-/t20-,23+,24-,25-,26+,27-,29-,30-,31+/m1/s1. The summed E-state index contributed by atoms with van der Waals surface area (Å²) in [4.78, 5) is 24.3. The van der Waals surface area contributed by atoms with Crippen LogP contribution in [0.3, 0.4) is 0 Å². The van der Waals surface area contributed by atoms with Crippen LogP contribution >= 0.6 is 0 Å². The van der Waals surface area contributed by atoms with Crippen LogP contribution < -0.4 is 0 Å². The van der Waals surface area contributed by atoms with Crippen LogP contribution in [0, 0.1) is 46.3 Å². The van der Waals surface area contributed by atoms with Crippen molar-refractivity contribution in [3.05, 3.63) is 0 Å². The van der Waals surface area contributed by atoms with E-state index in [0.717, 1.165) is 37.0 Å². The Morgan fingerprint density at radius 2 is 1.73 bits per heavy atom. The quantitative estimate of drug-likeness (QED) is 0.220. The molecule has 0 aliphatic heterocycles. The molecule has 4 rings (SSSR count). The first-order valence-corrected chi connectivity index (χ1v) is 15.0. The molecule has 0 heterocycles. The van der Waals surface area contributed by atoms with Crippen molar-refractivity contribution < 1.29 is 24.3 Å². The number of fused-ring (bicyclic) bond motifs is 5. The van der Waals surface area contributed by atoms with Crippen molar-refractivity contribution in [2.45, 2.75) is 131 Å². The number of carbonyl (C=O) groups is 2. The molecule has 0 amide bonds. The smallest absolute Gasteiger partial charge is 0.303 e. The summed E-state index contributed by atoms with van der Waals surface area (Å²) in [7, 11) is 0. The Kier molecular flexibility index (Phi) is 8.08. The molecule has 4 aliphatic carbocycles. The van der Waals surface area contributed by atoms with Crippen molar-refractivity contribution in [3.63, 3.8) is 0 Å². The molecule has 4 saturated carbocycles. The third-order valence-corrected chi connectivity index (χ3v) is 11.5. The lowest BCUT2D eigenvalue weighted by Crippen LogP contribution is -2.68. The van der Waals surface area contributed by atoms with Crippen LogP contribution in [0.2, 0.25) is 0 Å². The lowest BCUT2D eigenvalue weighted by Gasteiger charge is -2.64. The highest BCUT2D eigenvalue weighted by molar-refractivity contribution is 5.96. The Hall–Kier alpha value is -1.59. The van der Waals surface area contributed by atoms with E-state index in [1.54, 1.807) is 0 Å². The number of carbonyl (C=O) groups excluding carboxylic acids is 2. The molecule has 4 fully saturated rings. The van der Waals surface area contributed by atoms with Gasteiger partial charge in [-0.15, -0.1) is 0 Å². The molecule has 6 heteroatoms. The number of rotatable bonds is 7. The second-order valence-corrected chi connectivity index (χ2v) is 14.0. The second-order valence-electron chi connectivity index (χ2n) is 14.0. The van der Waals surface area contributed by atoms with Crippen LogP contribution in [-0.2, 0) is 19.1 Å². The van der Waals surface area contributed by atoms with Crippen LogP contribution in [0.5, 0.6) is 0 Å². The minimum absolute atomic E-state index is 0.311. The van der Waals surface area contributed by atoms with Gasteiger partial charge in [0.05, 0.1) is 0 Å². The molecule has 210 valence electrons. The molecule has 6 nitrogen and oxygen atoms in total. The molecule has 0 spiro atoms. The van der Waals surface area contributed by atoms with E-state index in [1.165, 1.54) is 52.4 Å². The van der Waals surface area contributed by atoms with Crippen LogP contribution in [0.25, 0.3) is 0 Å². The van der Waals surface area contributed by atoms with Crippen molar-refractivity contribution in [2.75, 3.05) is 0 Å². The maximum Gasteiger partial charge on any atom is 0.303 e. The summed E-state index contributed by atoms with van der Waals surface area (Å²) in [6.45, 7) is 14.8. The highest BCUT2D eigenvalue weighted by Gasteiger charge is 2.69. The number of hydrogen-bond donors (Lipinski definition) is 1. The lowest BCUT2D eigenvalue weighted by atomic mass is 9.42. The summed E-state index contributed by atoms with van der Waals surface area (Å²) in [6, 6.07) is 0. The molecule has 0 unspecified atom stereocenters. The third kappa shape index (κ3) is 4.84. The second kappa shape index (κ2) is 10.5. The maximum atomic E-state index is 12.5. The van der Waals surface area contributed by atoms with Crippen LogP contribution in [0.1, 0.15) is 119 Å². The van der Waals surface area contributed by atoms with E-state index < -0.39 is 5.60 Å². The fourth-order valence-corrected chi connectivity index (χ4v) is 9.95. The summed E-state index contributed by atoms with van der Waals surface area (Å²) in [5, 5.41) is 14.2. The largest absolute Gasteiger partial charge is 0.462 e. The van der Waals surface area contributed by atoms with Gasteiger partial charge in [-0.05, 0) is 85.9 Å². The summed E-state index contributed by atoms with van der Waals surface area (Å²) in [6.07, 6.45) is 11.0. The minimum atomic E-state index is -1.02. The fourth-order valence-electron chi connectivity index (χ4n) is 9.95. The molecule has 1 N–H and O–H groups in total. The molecule has 0 saturated heterocycles. The van der Waals surface area contributed by atoms with Gasteiger partial charge in [0.1, 0.15) is 11.8 Å². The van der Waals surface area contributed by atoms with E-state index in [2.05, 4.69) is 39.8 Å². The molecular weight excluding hydrogens is 466 g/mol. The first-order valence-electron chi connectivity index (χ1n) is 15.0. The van der Waals surface area contributed by atoms with E-state index in [4.69, 9.17) is 9.47 Å². The zero-order valence-electron chi connectivity index (χ0n) is 24.3. The van der Waals surface area contributed by atoms with Crippen molar-refractivity contribution in [1.29, 1.82) is 0 Å². The van der Waals surface area contributed by atoms with Crippen molar-refractivity contribution in [2.24, 2.45) is 51.5 Å². The zero-order valence-corrected chi connectivity index (χ0v) is 24.3. The average Bonchev–Trinajstić information content (AvgIpc) is 3.15. The van der Waals surface area contributed by atoms with Gasteiger partial charge < -0.3 is 14.7 Å². The highest BCUT2D eigenvalue weighted by Crippen LogP contribution is 2.69. The summed E-state index contributed by atoms with van der Waals surface area (Å²) in [5.41, 5.74) is -0.474. The predicted octanol–water partition coefficient (Wildman–Crippen LogP) is 7.17. The monoisotopic (exact) mass is 517 g/mol. The van der Waals surface area contributed by atoms with Crippen molar-refractivity contribution >= 4 is 17.7 Å². The Morgan fingerprint density at radius 1 is 1.00 bits per heavy atom. The fraction of sp³-hybridized carbons (Fsp3) is 0.903. The maximum absolute atomic E-state index is 12.5. The van der Waals surface area contributed by atoms with Crippen LogP contribution in [0.15, 0.2) is 5.16 Å². The van der Waals surface area contributed by atoms with Gasteiger partial charge >= 0.3 is 11.9 Å². The van der Waals surface area contributed by atoms with Gasteiger partial charge in [-0.3, -0.25) is 9.59 Å². The molecule has 0 aromatic carbocycles. The number of esters is 2. The van der Waals surface area contributed by atoms with Crippen molar-refractivity contribution in [1.82, 2.24) is 0 Å². The van der Waals surface area contributed by atoms with Crippen LogP contribution in [-0.4, -0.2) is 34.6 Å². The molecule has 0 radical (unpaired) electrons. The molecular formula is C31H51NO5. The van der Waals surface area contributed by atoms with E-state index in [1.807, 2.05) is 0 Å². The number of oxime groups is 1.